The predicted octanol–water partition coefficient (Wildman–Crippen LogP) is -0.448. The van der Waals surface area contributed by atoms with Gasteiger partial charge in [-0.15, -0.1) is 10.5 Å². The maximum Gasteiger partial charge on any atom is 0.557 e. The van der Waals surface area contributed by atoms with Crippen molar-refractivity contribution in [3.8, 4) is 22.6 Å². The molecule has 18 nitrogen and oxygen atoms in total. The van der Waals surface area contributed by atoms with Crippen LogP contribution in [0.1, 0.15) is 44.1 Å². The van der Waals surface area contributed by atoms with E-state index in [1.54, 1.807) is 96.9 Å². The smallest absolute Gasteiger partial charge is 0.507 e. The molecule has 0 saturated heterocycles. The summed E-state index contributed by atoms with van der Waals surface area (Å²) in [7, 11) is 1.77. The minimum absolute atomic E-state index is 0.127. The Kier molecular flexibility index (Phi) is 13.2. The van der Waals surface area contributed by atoms with Crippen LogP contribution in [0.15, 0.2) is 137 Å². The van der Waals surface area contributed by atoms with E-state index in [2.05, 4.69) is 51.6 Å². The number of hydrogen-bond acceptors (Lipinski definition) is 11. The largest absolute Gasteiger partial charge is 0.557 e. The number of benzene rings is 2. The van der Waals surface area contributed by atoms with E-state index in [0.29, 0.717) is 23.4 Å². The monoisotopic (exact) mass is 794 g/mol. The summed E-state index contributed by atoms with van der Waals surface area (Å²) in [6.45, 7) is 0.545. The maximum absolute atomic E-state index is 12.9. The zero-order valence-corrected chi connectivity index (χ0v) is 31.3. The van der Waals surface area contributed by atoms with Gasteiger partial charge in [0.1, 0.15) is 22.9 Å². The molecule has 2 aromatic carbocycles. The number of quaternary nitrogens is 1. The number of nitrogens with two attached hydrogens (primary N) is 1. The number of aromatic hydroxyl groups is 2. The molecule has 4 heterocycles. The molecule has 0 saturated carbocycles. The Hall–Kier alpha value is -8.51. The van der Waals surface area contributed by atoms with Gasteiger partial charge in [-0.25, -0.2) is 25.6 Å². The second-order valence-corrected chi connectivity index (χ2v) is 12.5. The van der Waals surface area contributed by atoms with Crippen LogP contribution in [0, 0.1) is 0 Å². The second-order valence-electron chi connectivity index (χ2n) is 12.5. The number of carbonyl (C=O) groups excluding carboxylic acids is 4. The third kappa shape index (κ3) is 10.6. The van der Waals surface area contributed by atoms with E-state index in [1.165, 1.54) is 54.9 Å². The van der Waals surface area contributed by atoms with Gasteiger partial charge in [-0.1, -0.05) is 40.9 Å². The fraction of sp³-hybridized carbons (Fsp3) is 0.0488. The number of carbonyl (C=O) groups is 2. The van der Waals surface area contributed by atoms with Gasteiger partial charge in [-0.2, -0.15) is 10.2 Å². The number of nitrogens with zero attached hydrogens (tertiary/aromatic N) is 7. The molecule has 0 bridgehead atoms. The normalized spacial score (nSPS) is 12.6. The fourth-order valence-electron chi connectivity index (χ4n) is 5.40. The third-order valence-electron chi connectivity index (χ3n) is 8.38. The summed E-state index contributed by atoms with van der Waals surface area (Å²) in [5.41, 5.74) is 11.4. The van der Waals surface area contributed by atoms with Crippen LogP contribution in [0.3, 0.4) is 0 Å². The lowest BCUT2D eigenvalue weighted by molar-refractivity contribution is -0.550. The van der Waals surface area contributed by atoms with Crippen LogP contribution in [0.5, 0.6) is 11.5 Å². The highest BCUT2D eigenvalue weighted by atomic mass is 16.3. The number of nitrogens with one attached hydrogen (secondary N) is 4. The number of phenols is 2. The van der Waals surface area contributed by atoms with Gasteiger partial charge in [0.2, 0.25) is 11.9 Å². The molecule has 5 aromatic rings. The van der Waals surface area contributed by atoms with Crippen LogP contribution in [0.25, 0.3) is 11.1 Å². The number of phenolic OH excluding ortho intramolecular Hbond substituents is 2. The van der Waals surface area contributed by atoms with Gasteiger partial charge < -0.3 is 15.1 Å². The molecule has 59 heavy (non-hydrogen) atoms. The number of pyridine rings is 3. The molecule has 4 amide bonds. The van der Waals surface area contributed by atoms with Gasteiger partial charge in [0, 0.05) is 48.9 Å². The van der Waals surface area contributed by atoms with E-state index in [1.807, 2.05) is 6.08 Å². The molecular formula is C41H38N12O6+4. The summed E-state index contributed by atoms with van der Waals surface area (Å²) < 4.78 is 0. The average molecular weight is 795 g/mol. The quantitative estimate of drug-likeness (QED) is 0.0355. The summed E-state index contributed by atoms with van der Waals surface area (Å²) in [4.78, 5) is 60.5. The van der Waals surface area contributed by atoms with Crippen molar-refractivity contribution in [2.75, 3.05) is 13.6 Å². The van der Waals surface area contributed by atoms with Crippen molar-refractivity contribution in [3.63, 3.8) is 0 Å². The average Bonchev–Trinajstić information content (AvgIpc) is 3.26. The minimum atomic E-state index is -0.583. The number of hydrazine groups is 1. The first kappa shape index (κ1) is 40.2. The van der Waals surface area contributed by atoms with Gasteiger partial charge in [-0.05, 0) is 77.9 Å². The Labute approximate surface area is 336 Å². The molecule has 0 radical (unpaired) electrons. The number of hydrogen-bond donors (Lipinski definition) is 7. The van der Waals surface area contributed by atoms with E-state index in [0.717, 1.165) is 0 Å². The summed E-state index contributed by atoms with van der Waals surface area (Å²) in [5.74, 6) is -2.07. The number of primary amides is 1. The lowest BCUT2D eigenvalue weighted by atomic mass is 9.95. The van der Waals surface area contributed by atoms with Crippen molar-refractivity contribution >= 4 is 48.5 Å². The minimum Gasteiger partial charge on any atom is -0.507 e. The number of amides is 4. The second kappa shape index (κ2) is 19.4. The van der Waals surface area contributed by atoms with Gasteiger partial charge in [0.25, 0.3) is 11.8 Å². The van der Waals surface area contributed by atoms with E-state index in [4.69, 9.17) is 0 Å². The molecule has 0 spiro atoms. The van der Waals surface area contributed by atoms with Crippen molar-refractivity contribution in [2.24, 2.45) is 15.3 Å². The zero-order chi connectivity index (χ0) is 41.6. The van der Waals surface area contributed by atoms with E-state index >= 15 is 0 Å². The fourth-order valence-corrected chi connectivity index (χ4v) is 5.40. The van der Waals surface area contributed by atoms with Gasteiger partial charge >= 0.3 is 11.8 Å². The number of hydrazone groups is 3. The molecule has 6 rings (SSSR count). The number of rotatable bonds is 13. The van der Waals surface area contributed by atoms with E-state index in [9.17, 15) is 29.4 Å². The standard InChI is InChI=1S/C41H34N12O6/c1-53-17-9-5-13-35(53)41(59)52-48-25-31-21-27(20-30(37(31)55)24-47-51-40(58)34-12-4-8-16-44-34)26-18-28(22-45-49-38(56)32-10-2-6-14-42-32)36(54)29(19-26)23-46-50-39(57)33-11-3-7-15-43-33/h2-16,18-25,54-55H,17H2,1H3,(H,49,56)(H,50,57)(H,51,58)(H,52,59)/p+4/b45-22+,46-23+,47-24+,48-25+. The number of likely N-dealkylation sites (N-methyl/N-ethyl adjacent to an activating group) is 1. The highest BCUT2D eigenvalue weighted by Gasteiger charge is 2.20. The first-order valence-electron chi connectivity index (χ1n) is 17.7. The molecule has 1 aliphatic rings. The van der Waals surface area contributed by atoms with Crippen molar-refractivity contribution in [2.45, 2.75) is 0 Å². The lowest BCUT2D eigenvalue weighted by Crippen LogP contribution is -2.83. The number of aromatic nitrogens is 3. The van der Waals surface area contributed by atoms with Gasteiger partial charge in [0.15, 0.2) is 5.69 Å². The maximum atomic E-state index is 12.9. The SMILES string of the molecule is CN1CC=CC=C1C(=O)N/N=C/c1cc(-c2cc(/C=N/NC(=O)c3ccccn3)c(O)c(/C=[NH+]/NC(=[OH+])c3ccccn3)c2)cc(/C=N/[NH2+]C(=[OH+])c2ccccn2)c1O. The van der Waals surface area contributed by atoms with Crippen LogP contribution < -0.4 is 26.8 Å². The Morgan fingerprint density at radius 2 is 1.31 bits per heavy atom. The Bertz CT molecular complexity index is 2460. The zero-order valence-electron chi connectivity index (χ0n) is 31.3. The Balaban J connectivity index is 1.37. The Morgan fingerprint density at radius 3 is 1.90 bits per heavy atom. The molecule has 1 aliphatic heterocycles. The van der Waals surface area contributed by atoms with Crippen LogP contribution in [0.4, 0.5) is 0 Å². The molecule has 3 aromatic heterocycles. The summed E-state index contributed by atoms with van der Waals surface area (Å²) in [6, 6.07) is 21.2. The lowest BCUT2D eigenvalue weighted by Gasteiger charge is -2.21. The molecule has 0 unspecified atom stereocenters. The summed E-state index contributed by atoms with van der Waals surface area (Å²) in [6.07, 6.45) is 15.0. The molecule has 18 heteroatoms. The molecule has 0 fully saturated rings. The first-order valence-corrected chi connectivity index (χ1v) is 17.7. The molecule has 0 atom stereocenters. The topological polar surface area (TPSA) is 263 Å². The van der Waals surface area contributed by atoms with Crippen LogP contribution in [-0.4, -0.2) is 102 Å². The summed E-state index contributed by atoms with van der Waals surface area (Å²) >= 11 is 0. The first-order chi connectivity index (χ1) is 28.7. The van der Waals surface area contributed by atoms with Crippen molar-refractivity contribution in [1.29, 1.82) is 0 Å². The summed E-state index contributed by atoms with van der Waals surface area (Å²) in [5, 5.41) is 37.9. The number of allylic oxidation sites excluding steroid dienone is 2. The Morgan fingerprint density at radius 1 is 0.763 bits per heavy atom. The van der Waals surface area contributed by atoms with Gasteiger partial charge in [-0.3, -0.25) is 19.4 Å². The highest BCUT2D eigenvalue weighted by molar-refractivity contribution is 5.99. The van der Waals surface area contributed by atoms with Crippen molar-refractivity contribution < 1.29 is 39.9 Å². The molecule has 0 aliphatic carbocycles. The van der Waals surface area contributed by atoms with E-state index < -0.39 is 11.8 Å². The van der Waals surface area contributed by atoms with E-state index in [-0.39, 0.29) is 62.6 Å². The van der Waals surface area contributed by atoms with Gasteiger partial charge in [0.05, 0.1) is 24.2 Å². The van der Waals surface area contributed by atoms with Crippen LogP contribution in [-0.2, 0) is 4.79 Å². The van der Waals surface area contributed by atoms with Crippen molar-refractivity contribution in [3.05, 3.63) is 161 Å². The molecular weight excluding hydrogens is 757 g/mol. The molecule has 294 valence electrons. The third-order valence-corrected chi connectivity index (χ3v) is 8.38. The van der Waals surface area contributed by atoms with Crippen LogP contribution in [0.2, 0.25) is 0 Å². The molecule has 10 N–H and O–H groups in total. The predicted molar refractivity (Wildman–Crippen MR) is 219 cm³/mol. The van der Waals surface area contributed by atoms with Crippen LogP contribution >= 0.6 is 0 Å². The highest BCUT2D eigenvalue weighted by Crippen LogP contribution is 2.32. The van der Waals surface area contributed by atoms with Crippen molar-refractivity contribution in [1.82, 2.24) is 36.1 Å².